The standard InChI is InChI=1S/C11H10BrN3O2/c12-9-1-2-10(7(3-9)6-16)15-5-8(4-14-15)11(13)17/h1-5,16H,6H2,(H2,13,17). The summed E-state index contributed by atoms with van der Waals surface area (Å²) >= 11 is 3.32. The molecule has 0 aliphatic carbocycles. The Hall–Kier alpha value is -1.66. The molecule has 0 spiro atoms. The Morgan fingerprint density at radius 2 is 2.29 bits per heavy atom. The summed E-state index contributed by atoms with van der Waals surface area (Å²) in [4.78, 5) is 11.0. The number of nitrogens with zero attached hydrogens (tertiary/aromatic N) is 2. The van der Waals surface area contributed by atoms with Gasteiger partial charge in [0.2, 0.25) is 0 Å². The molecule has 0 saturated carbocycles. The molecular weight excluding hydrogens is 286 g/mol. The van der Waals surface area contributed by atoms with Crippen LogP contribution in [0.15, 0.2) is 35.1 Å². The third-order valence-corrected chi connectivity index (χ3v) is 2.82. The molecule has 1 amide bonds. The van der Waals surface area contributed by atoms with Crippen LogP contribution in [0.5, 0.6) is 0 Å². The Kier molecular flexibility index (Phi) is 3.26. The topological polar surface area (TPSA) is 81.1 Å². The predicted molar refractivity (Wildman–Crippen MR) is 65.7 cm³/mol. The van der Waals surface area contributed by atoms with Crippen LogP contribution in [0.25, 0.3) is 5.69 Å². The van der Waals surface area contributed by atoms with Crippen molar-refractivity contribution in [1.82, 2.24) is 9.78 Å². The number of amides is 1. The number of carbonyl (C=O) groups is 1. The second kappa shape index (κ2) is 4.68. The molecule has 17 heavy (non-hydrogen) atoms. The molecule has 6 heteroatoms. The van der Waals surface area contributed by atoms with E-state index in [4.69, 9.17) is 5.73 Å². The van der Waals surface area contributed by atoms with Crippen molar-refractivity contribution in [3.05, 3.63) is 46.2 Å². The summed E-state index contributed by atoms with van der Waals surface area (Å²) < 4.78 is 2.38. The number of carbonyl (C=O) groups excluding carboxylic acids is 1. The lowest BCUT2D eigenvalue weighted by Crippen LogP contribution is -2.09. The maximum Gasteiger partial charge on any atom is 0.251 e. The van der Waals surface area contributed by atoms with Gasteiger partial charge < -0.3 is 10.8 Å². The fourth-order valence-electron chi connectivity index (χ4n) is 1.49. The quantitative estimate of drug-likeness (QED) is 0.893. The van der Waals surface area contributed by atoms with E-state index in [0.717, 1.165) is 4.47 Å². The molecule has 0 saturated heterocycles. The number of halogens is 1. The highest BCUT2D eigenvalue weighted by Crippen LogP contribution is 2.20. The number of hydrogen-bond acceptors (Lipinski definition) is 3. The van der Waals surface area contributed by atoms with Crippen molar-refractivity contribution in [3.8, 4) is 5.69 Å². The van der Waals surface area contributed by atoms with Gasteiger partial charge in [-0.1, -0.05) is 15.9 Å². The predicted octanol–water partition coefficient (Wildman–Crippen LogP) is 1.23. The second-order valence-electron chi connectivity index (χ2n) is 3.47. The Bertz CT molecular complexity index is 566. The summed E-state index contributed by atoms with van der Waals surface area (Å²) in [7, 11) is 0. The molecule has 2 aromatic rings. The van der Waals surface area contributed by atoms with Gasteiger partial charge in [-0.15, -0.1) is 0 Å². The maximum atomic E-state index is 11.0. The average molecular weight is 296 g/mol. The first-order valence-electron chi connectivity index (χ1n) is 4.86. The molecule has 0 aliphatic rings. The molecule has 3 N–H and O–H groups in total. The van der Waals surface area contributed by atoms with Crippen LogP contribution >= 0.6 is 15.9 Å². The van der Waals surface area contributed by atoms with Crippen LogP contribution in [0, 0.1) is 0 Å². The van der Waals surface area contributed by atoms with Gasteiger partial charge in [0, 0.05) is 16.2 Å². The zero-order valence-corrected chi connectivity index (χ0v) is 10.4. The number of aliphatic hydroxyl groups excluding tert-OH is 1. The van der Waals surface area contributed by atoms with Crippen molar-refractivity contribution in [2.45, 2.75) is 6.61 Å². The van der Waals surface area contributed by atoms with Crippen LogP contribution in [0.2, 0.25) is 0 Å². The smallest absolute Gasteiger partial charge is 0.251 e. The van der Waals surface area contributed by atoms with E-state index >= 15 is 0 Å². The van der Waals surface area contributed by atoms with Crippen LogP contribution in [-0.4, -0.2) is 20.8 Å². The van der Waals surface area contributed by atoms with Gasteiger partial charge in [-0.05, 0) is 18.2 Å². The molecule has 1 heterocycles. The van der Waals surface area contributed by atoms with Gasteiger partial charge in [0.05, 0.1) is 24.1 Å². The fourth-order valence-corrected chi connectivity index (χ4v) is 1.89. The highest BCUT2D eigenvalue weighted by molar-refractivity contribution is 9.10. The summed E-state index contributed by atoms with van der Waals surface area (Å²) in [6.45, 7) is -0.111. The van der Waals surface area contributed by atoms with Gasteiger partial charge >= 0.3 is 0 Å². The Balaban J connectivity index is 2.48. The maximum absolute atomic E-state index is 11.0. The normalized spacial score (nSPS) is 10.5. The first kappa shape index (κ1) is 11.8. The van der Waals surface area contributed by atoms with Gasteiger partial charge in [0.25, 0.3) is 5.91 Å². The minimum absolute atomic E-state index is 0.111. The molecule has 88 valence electrons. The van der Waals surface area contributed by atoms with Crippen molar-refractivity contribution in [2.24, 2.45) is 5.73 Å². The van der Waals surface area contributed by atoms with E-state index in [1.54, 1.807) is 12.1 Å². The molecule has 0 aliphatic heterocycles. The Labute approximate surface area is 106 Å². The zero-order chi connectivity index (χ0) is 12.4. The van der Waals surface area contributed by atoms with Gasteiger partial charge in [-0.25, -0.2) is 4.68 Å². The van der Waals surface area contributed by atoms with Crippen LogP contribution < -0.4 is 5.73 Å². The summed E-state index contributed by atoms with van der Waals surface area (Å²) in [5.41, 5.74) is 6.90. The van der Waals surface area contributed by atoms with Crippen molar-refractivity contribution < 1.29 is 9.90 Å². The number of nitrogens with two attached hydrogens (primary N) is 1. The lowest BCUT2D eigenvalue weighted by atomic mass is 10.2. The summed E-state index contributed by atoms with van der Waals surface area (Å²) in [6.07, 6.45) is 2.93. The van der Waals surface area contributed by atoms with E-state index in [-0.39, 0.29) is 6.61 Å². The van der Waals surface area contributed by atoms with Crippen LogP contribution in [0.3, 0.4) is 0 Å². The number of aromatic nitrogens is 2. The van der Waals surface area contributed by atoms with Crippen molar-refractivity contribution in [1.29, 1.82) is 0 Å². The Morgan fingerprint density at radius 3 is 2.88 bits per heavy atom. The third-order valence-electron chi connectivity index (χ3n) is 2.33. The van der Waals surface area contributed by atoms with Gasteiger partial charge in [0.15, 0.2) is 0 Å². The van der Waals surface area contributed by atoms with E-state index in [2.05, 4.69) is 21.0 Å². The number of rotatable bonds is 3. The Morgan fingerprint density at radius 1 is 1.53 bits per heavy atom. The number of primary amides is 1. The lowest BCUT2D eigenvalue weighted by Gasteiger charge is -2.07. The first-order valence-corrected chi connectivity index (χ1v) is 5.65. The third kappa shape index (κ3) is 2.37. The minimum atomic E-state index is -0.529. The van der Waals surface area contributed by atoms with E-state index in [1.807, 2.05) is 6.07 Å². The van der Waals surface area contributed by atoms with E-state index in [9.17, 15) is 9.90 Å². The molecule has 0 fully saturated rings. The molecule has 0 bridgehead atoms. The van der Waals surface area contributed by atoms with Crippen LogP contribution in [0.4, 0.5) is 0 Å². The second-order valence-corrected chi connectivity index (χ2v) is 4.38. The van der Waals surface area contributed by atoms with E-state index in [0.29, 0.717) is 16.8 Å². The number of hydrogen-bond donors (Lipinski definition) is 2. The lowest BCUT2D eigenvalue weighted by molar-refractivity contribution is 0.100. The van der Waals surface area contributed by atoms with E-state index in [1.165, 1.54) is 17.1 Å². The number of benzene rings is 1. The average Bonchev–Trinajstić information content (AvgIpc) is 2.78. The van der Waals surface area contributed by atoms with Crippen molar-refractivity contribution in [2.75, 3.05) is 0 Å². The zero-order valence-electron chi connectivity index (χ0n) is 8.80. The highest BCUT2D eigenvalue weighted by Gasteiger charge is 2.09. The van der Waals surface area contributed by atoms with Gasteiger partial charge in [0.1, 0.15) is 0 Å². The molecule has 2 rings (SSSR count). The molecule has 0 unspecified atom stereocenters. The molecule has 0 radical (unpaired) electrons. The molecule has 0 atom stereocenters. The molecular formula is C11H10BrN3O2. The fraction of sp³-hybridized carbons (Fsp3) is 0.0909. The monoisotopic (exact) mass is 295 g/mol. The van der Waals surface area contributed by atoms with Gasteiger partial charge in [-0.2, -0.15) is 5.10 Å². The van der Waals surface area contributed by atoms with Crippen LogP contribution in [-0.2, 0) is 6.61 Å². The summed E-state index contributed by atoms with van der Waals surface area (Å²) in [5.74, 6) is -0.529. The van der Waals surface area contributed by atoms with Crippen LogP contribution in [0.1, 0.15) is 15.9 Å². The van der Waals surface area contributed by atoms with Gasteiger partial charge in [-0.3, -0.25) is 4.79 Å². The molecule has 1 aromatic carbocycles. The van der Waals surface area contributed by atoms with Crippen molar-refractivity contribution >= 4 is 21.8 Å². The van der Waals surface area contributed by atoms with Crippen molar-refractivity contribution in [3.63, 3.8) is 0 Å². The molecule has 1 aromatic heterocycles. The summed E-state index contributed by atoms with van der Waals surface area (Å²) in [5, 5.41) is 13.3. The first-order chi connectivity index (χ1) is 8.11. The minimum Gasteiger partial charge on any atom is -0.392 e. The highest BCUT2D eigenvalue weighted by atomic mass is 79.9. The summed E-state index contributed by atoms with van der Waals surface area (Å²) in [6, 6.07) is 5.43. The largest absolute Gasteiger partial charge is 0.392 e. The molecule has 5 nitrogen and oxygen atoms in total. The van der Waals surface area contributed by atoms with E-state index < -0.39 is 5.91 Å². The SMILES string of the molecule is NC(=O)c1cnn(-c2ccc(Br)cc2CO)c1. The number of aliphatic hydroxyl groups is 1.